The van der Waals surface area contributed by atoms with Crippen LogP contribution in [0.1, 0.15) is 5.69 Å². The second-order valence-electron chi connectivity index (χ2n) is 7.02. The van der Waals surface area contributed by atoms with Gasteiger partial charge in [-0.25, -0.2) is 9.97 Å². The molecule has 2 N–H and O–H groups in total. The third kappa shape index (κ3) is 3.83. The number of nitrogens with zero attached hydrogens (tertiary/aromatic N) is 6. The highest BCUT2D eigenvalue weighted by atomic mass is 32.2. The van der Waals surface area contributed by atoms with E-state index in [0.29, 0.717) is 11.4 Å². The predicted octanol–water partition coefficient (Wildman–Crippen LogP) is 4.45. The Morgan fingerprint density at radius 3 is 2.66 bits per heavy atom. The molecule has 0 aliphatic heterocycles. The third-order valence-electron chi connectivity index (χ3n) is 4.89. The second-order valence-corrected chi connectivity index (χ2v) is 7.84. The lowest BCUT2D eigenvalue weighted by Crippen LogP contribution is -1.98. The SMILES string of the molecule is Cn1cc(-c2cnc(C=N)c(NSc3cnc4ccc(-c5ccnc(F)c5)cn34)c2)cn1. The Balaban J connectivity index is 1.45. The third-order valence-corrected chi connectivity index (χ3v) is 5.72. The fraction of sp³-hybridized carbons (Fsp3) is 0.0455. The molecule has 32 heavy (non-hydrogen) atoms. The lowest BCUT2D eigenvalue weighted by atomic mass is 10.1. The predicted molar refractivity (Wildman–Crippen MR) is 122 cm³/mol. The normalized spacial score (nSPS) is 11.1. The van der Waals surface area contributed by atoms with E-state index in [1.165, 1.54) is 30.4 Å². The van der Waals surface area contributed by atoms with Crippen molar-refractivity contribution in [2.75, 3.05) is 4.72 Å². The first kappa shape index (κ1) is 19.9. The number of aromatic nitrogens is 6. The quantitative estimate of drug-likeness (QED) is 0.228. The number of anilines is 1. The Morgan fingerprint density at radius 2 is 1.88 bits per heavy atom. The van der Waals surface area contributed by atoms with Gasteiger partial charge in [0, 0.05) is 67.2 Å². The molecular weight excluding hydrogens is 427 g/mol. The minimum atomic E-state index is -0.523. The first-order valence-corrected chi connectivity index (χ1v) is 10.4. The van der Waals surface area contributed by atoms with Crippen LogP contribution < -0.4 is 4.72 Å². The molecular formula is C22H17FN8S. The zero-order chi connectivity index (χ0) is 22.1. The van der Waals surface area contributed by atoms with Crippen molar-refractivity contribution in [1.82, 2.24) is 29.1 Å². The van der Waals surface area contributed by atoms with Gasteiger partial charge in [0.2, 0.25) is 5.95 Å². The van der Waals surface area contributed by atoms with E-state index in [2.05, 4.69) is 24.8 Å². The van der Waals surface area contributed by atoms with Crippen molar-refractivity contribution < 1.29 is 4.39 Å². The van der Waals surface area contributed by atoms with Crippen LogP contribution >= 0.6 is 11.9 Å². The number of pyridine rings is 3. The van der Waals surface area contributed by atoms with Gasteiger partial charge in [-0.15, -0.1) is 0 Å². The van der Waals surface area contributed by atoms with Crippen LogP contribution in [0, 0.1) is 11.4 Å². The minimum absolute atomic E-state index is 0.520. The van der Waals surface area contributed by atoms with Crippen molar-refractivity contribution in [2.24, 2.45) is 7.05 Å². The van der Waals surface area contributed by atoms with Gasteiger partial charge in [0.05, 0.1) is 18.1 Å². The standard InChI is InChI=1S/C22H17FN8S/c1-30-12-17(10-28-30)16-6-18(19(8-24)26-9-16)29-32-22-11-27-21-3-2-15(13-31(21)22)14-4-5-25-20(23)7-14/h2-13,24,29H,1H3. The van der Waals surface area contributed by atoms with Crippen molar-refractivity contribution in [3.05, 3.63) is 79.2 Å². The van der Waals surface area contributed by atoms with E-state index < -0.39 is 5.95 Å². The van der Waals surface area contributed by atoms with Crippen LogP contribution in [0.25, 0.3) is 27.9 Å². The molecule has 0 spiro atoms. The highest BCUT2D eigenvalue weighted by molar-refractivity contribution is 8.00. The van der Waals surface area contributed by atoms with Crippen LogP contribution in [-0.4, -0.2) is 35.3 Å². The van der Waals surface area contributed by atoms with Gasteiger partial charge in [-0.3, -0.25) is 14.1 Å². The molecule has 0 aliphatic carbocycles. The van der Waals surface area contributed by atoms with Crippen LogP contribution in [0.15, 0.2) is 72.5 Å². The van der Waals surface area contributed by atoms with E-state index in [1.807, 2.05) is 42.0 Å². The Bertz CT molecular complexity index is 1440. The molecule has 0 aromatic carbocycles. The smallest absolute Gasteiger partial charge is 0.213 e. The highest BCUT2D eigenvalue weighted by Crippen LogP contribution is 2.29. The van der Waals surface area contributed by atoms with Gasteiger partial charge < -0.3 is 10.1 Å². The van der Waals surface area contributed by atoms with Crippen LogP contribution in [0.3, 0.4) is 0 Å². The summed E-state index contributed by atoms with van der Waals surface area (Å²) in [6.45, 7) is 0. The zero-order valence-electron chi connectivity index (χ0n) is 16.9. The molecule has 8 nitrogen and oxygen atoms in total. The van der Waals surface area contributed by atoms with Gasteiger partial charge in [0.25, 0.3) is 0 Å². The monoisotopic (exact) mass is 444 g/mol. The van der Waals surface area contributed by atoms with Crippen LogP contribution in [0.4, 0.5) is 10.1 Å². The second kappa shape index (κ2) is 8.23. The maximum absolute atomic E-state index is 13.5. The fourth-order valence-corrected chi connectivity index (χ4v) is 4.02. The van der Waals surface area contributed by atoms with Crippen molar-refractivity contribution in [3.8, 4) is 22.3 Å². The lowest BCUT2D eigenvalue weighted by Gasteiger charge is -2.10. The number of aryl methyl sites for hydroxylation is 1. The number of imidazole rings is 1. The molecule has 0 bridgehead atoms. The molecule has 5 aromatic rings. The largest absolute Gasteiger partial charge is 0.322 e. The van der Waals surface area contributed by atoms with Gasteiger partial charge in [0.1, 0.15) is 16.4 Å². The molecule has 5 heterocycles. The molecule has 0 aliphatic rings. The molecule has 0 atom stereocenters. The van der Waals surface area contributed by atoms with Crippen molar-refractivity contribution in [3.63, 3.8) is 0 Å². The summed E-state index contributed by atoms with van der Waals surface area (Å²) in [6.07, 6.45) is 11.7. The summed E-state index contributed by atoms with van der Waals surface area (Å²) in [4.78, 5) is 12.4. The van der Waals surface area contributed by atoms with E-state index in [1.54, 1.807) is 29.3 Å². The fourth-order valence-electron chi connectivity index (χ4n) is 3.29. The number of halogens is 1. The number of nitrogens with one attached hydrogen (secondary N) is 2. The molecule has 0 radical (unpaired) electrons. The van der Waals surface area contributed by atoms with Crippen LogP contribution in [-0.2, 0) is 7.05 Å². The Hall–Kier alpha value is -4.05. The van der Waals surface area contributed by atoms with Gasteiger partial charge in [-0.1, -0.05) is 0 Å². The number of rotatable bonds is 6. The Morgan fingerprint density at radius 1 is 0.969 bits per heavy atom. The average Bonchev–Trinajstić information content (AvgIpc) is 3.43. The summed E-state index contributed by atoms with van der Waals surface area (Å²) in [6, 6.07) is 8.87. The maximum Gasteiger partial charge on any atom is 0.213 e. The van der Waals surface area contributed by atoms with Gasteiger partial charge >= 0.3 is 0 Å². The average molecular weight is 444 g/mol. The van der Waals surface area contributed by atoms with Crippen molar-refractivity contribution in [1.29, 1.82) is 5.41 Å². The van der Waals surface area contributed by atoms with Crippen molar-refractivity contribution >= 4 is 29.5 Å². The molecule has 0 amide bonds. The zero-order valence-corrected chi connectivity index (χ0v) is 17.7. The molecule has 0 fully saturated rings. The first-order chi connectivity index (χ1) is 15.6. The topological polar surface area (TPSA) is 96.8 Å². The summed E-state index contributed by atoms with van der Waals surface area (Å²) in [5.41, 5.74) is 5.40. The van der Waals surface area contributed by atoms with E-state index in [0.717, 1.165) is 32.9 Å². The highest BCUT2D eigenvalue weighted by Gasteiger charge is 2.11. The molecule has 5 rings (SSSR count). The number of hydrogen-bond donors (Lipinski definition) is 2. The molecule has 0 saturated carbocycles. The van der Waals surface area contributed by atoms with E-state index >= 15 is 0 Å². The molecule has 0 saturated heterocycles. The number of hydrogen-bond acceptors (Lipinski definition) is 7. The van der Waals surface area contributed by atoms with Gasteiger partial charge in [-0.2, -0.15) is 9.49 Å². The molecule has 0 unspecified atom stereocenters. The van der Waals surface area contributed by atoms with E-state index in [9.17, 15) is 4.39 Å². The molecule has 158 valence electrons. The van der Waals surface area contributed by atoms with E-state index in [-0.39, 0.29) is 0 Å². The minimum Gasteiger partial charge on any atom is -0.322 e. The summed E-state index contributed by atoms with van der Waals surface area (Å²) in [5.74, 6) is -0.523. The van der Waals surface area contributed by atoms with Gasteiger partial charge in [-0.05, 0) is 35.4 Å². The molecule has 10 heteroatoms. The number of fused-ring (bicyclic) bond motifs is 1. The summed E-state index contributed by atoms with van der Waals surface area (Å²) in [7, 11) is 1.86. The summed E-state index contributed by atoms with van der Waals surface area (Å²) >= 11 is 1.36. The van der Waals surface area contributed by atoms with E-state index in [4.69, 9.17) is 5.41 Å². The van der Waals surface area contributed by atoms with Crippen molar-refractivity contribution in [2.45, 2.75) is 5.03 Å². The summed E-state index contributed by atoms with van der Waals surface area (Å²) < 4.78 is 20.5. The lowest BCUT2D eigenvalue weighted by molar-refractivity contribution is 0.584. The first-order valence-electron chi connectivity index (χ1n) is 9.62. The van der Waals surface area contributed by atoms with Crippen LogP contribution in [0.5, 0.6) is 0 Å². The van der Waals surface area contributed by atoms with Gasteiger partial charge in [0.15, 0.2) is 0 Å². The van der Waals surface area contributed by atoms with Crippen LogP contribution in [0.2, 0.25) is 0 Å². The Kier molecular flexibility index (Phi) is 5.12. The Labute approximate surface area is 186 Å². The molecule has 5 aromatic heterocycles. The maximum atomic E-state index is 13.5. The summed E-state index contributed by atoms with van der Waals surface area (Å²) in [5, 5.41) is 12.7.